The lowest BCUT2D eigenvalue weighted by Gasteiger charge is -2.64. The third-order valence-electron chi connectivity index (χ3n) is 8.96. The molecule has 5 nitrogen and oxygen atoms in total. The fourth-order valence-corrected chi connectivity index (χ4v) is 7.20. The molecule has 28 heavy (non-hydrogen) atoms. The molecule has 2 saturated carbocycles. The number of aliphatic imine (C=N–C) groups is 1. The molecule has 5 heteroatoms. The lowest BCUT2D eigenvalue weighted by Crippen LogP contribution is -2.66. The molecule has 0 unspecified atom stereocenters. The van der Waals surface area contributed by atoms with Crippen LogP contribution in [0, 0.1) is 22.7 Å². The van der Waals surface area contributed by atoms with Crippen LogP contribution in [0.25, 0.3) is 0 Å². The van der Waals surface area contributed by atoms with Crippen molar-refractivity contribution in [3.63, 3.8) is 0 Å². The van der Waals surface area contributed by atoms with Crippen LogP contribution in [0.1, 0.15) is 70.1 Å². The van der Waals surface area contributed by atoms with E-state index in [1.54, 1.807) is 0 Å². The van der Waals surface area contributed by atoms with Gasteiger partial charge in [0, 0.05) is 17.4 Å². The number of phenolic OH excluding ortho intramolecular Hbond substituents is 1. The predicted octanol–water partition coefficient (Wildman–Crippen LogP) is 3.52. The Morgan fingerprint density at radius 1 is 1.21 bits per heavy atom. The number of nitrogens with two attached hydrogens (primary N) is 1. The highest BCUT2D eigenvalue weighted by molar-refractivity contribution is 6.04. The highest BCUT2D eigenvalue weighted by Gasteiger charge is 2.67. The first-order valence-electron chi connectivity index (χ1n) is 10.7. The second kappa shape index (κ2) is 5.44. The van der Waals surface area contributed by atoms with Gasteiger partial charge in [0.05, 0.1) is 18.2 Å². The number of aromatic hydroxyl groups is 1. The quantitative estimate of drug-likeness (QED) is 0.639. The normalized spacial score (nSPS) is 40.5. The molecular weight excluding hydrogens is 352 g/mol. The molecule has 152 valence electrons. The van der Waals surface area contributed by atoms with Crippen LogP contribution in [0.15, 0.2) is 11.1 Å². The molecule has 1 spiro atoms. The molecule has 4 N–H and O–H groups in total. The van der Waals surface area contributed by atoms with Crippen molar-refractivity contribution < 1.29 is 14.9 Å². The monoisotopic (exact) mass is 384 g/mol. The van der Waals surface area contributed by atoms with Gasteiger partial charge in [-0.15, -0.1) is 0 Å². The highest BCUT2D eigenvalue weighted by atomic mass is 16.5. The smallest absolute Gasteiger partial charge is 0.138 e. The SMILES string of the molecule is C[C@@H]1CC[C@@H]2C(C)(C)[C@H](O)CC[C@@]2(C)[C@@]12Cc1c(O)cc3c(c1O2)C(N)=NC3. The summed E-state index contributed by atoms with van der Waals surface area (Å²) in [4.78, 5) is 4.38. The minimum Gasteiger partial charge on any atom is -0.508 e. The molecule has 2 aliphatic carbocycles. The molecule has 0 radical (unpaired) electrons. The Balaban J connectivity index is 1.66. The maximum absolute atomic E-state index is 10.8. The summed E-state index contributed by atoms with van der Waals surface area (Å²) in [5, 5.41) is 21.5. The largest absolute Gasteiger partial charge is 0.508 e. The number of aliphatic hydroxyl groups is 1. The van der Waals surface area contributed by atoms with Crippen LogP contribution in [0.3, 0.4) is 0 Å². The Labute approximate surface area is 167 Å². The number of aliphatic hydroxyl groups excluding tert-OH is 1. The van der Waals surface area contributed by atoms with Crippen molar-refractivity contribution in [2.75, 3.05) is 0 Å². The first-order chi connectivity index (χ1) is 13.1. The predicted molar refractivity (Wildman–Crippen MR) is 109 cm³/mol. The summed E-state index contributed by atoms with van der Waals surface area (Å²) in [5.74, 6) is 2.32. The molecule has 5 atom stereocenters. The number of nitrogens with zero attached hydrogens (tertiary/aromatic N) is 1. The number of ether oxygens (including phenoxy) is 1. The van der Waals surface area contributed by atoms with E-state index in [1.165, 1.54) is 0 Å². The molecule has 0 amide bonds. The third kappa shape index (κ3) is 1.99. The van der Waals surface area contributed by atoms with Crippen LogP contribution in [0.5, 0.6) is 11.5 Å². The summed E-state index contributed by atoms with van der Waals surface area (Å²) >= 11 is 0. The zero-order chi connectivity index (χ0) is 20.1. The van der Waals surface area contributed by atoms with Gasteiger partial charge in [0.25, 0.3) is 0 Å². The molecule has 0 saturated heterocycles. The summed E-state index contributed by atoms with van der Waals surface area (Å²) in [5.41, 5.74) is 8.32. The number of hydrogen-bond donors (Lipinski definition) is 3. The molecule has 1 aromatic rings. The molecule has 4 aliphatic rings. The average molecular weight is 385 g/mol. The van der Waals surface area contributed by atoms with Crippen molar-refractivity contribution in [1.29, 1.82) is 0 Å². The van der Waals surface area contributed by atoms with Crippen LogP contribution in [0.2, 0.25) is 0 Å². The maximum Gasteiger partial charge on any atom is 0.138 e. The number of rotatable bonds is 0. The molecular formula is C23H32N2O3. The van der Waals surface area contributed by atoms with E-state index in [2.05, 4.69) is 32.7 Å². The van der Waals surface area contributed by atoms with Crippen molar-refractivity contribution >= 4 is 5.84 Å². The minimum atomic E-state index is -0.384. The summed E-state index contributed by atoms with van der Waals surface area (Å²) in [6.07, 6.45) is 4.33. The second-order valence-corrected chi connectivity index (χ2v) is 10.4. The summed E-state index contributed by atoms with van der Waals surface area (Å²) < 4.78 is 6.94. The van der Waals surface area contributed by atoms with Gasteiger partial charge in [-0.05, 0) is 54.6 Å². The number of amidine groups is 1. The first kappa shape index (κ1) is 18.3. The van der Waals surface area contributed by atoms with Crippen molar-refractivity contribution in [3.8, 4) is 11.5 Å². The Kier molecular flexibility index (Phi) is 3.55. The van der Waals surface area contributed by atoms with Gasteiger partial charge in [-0.3, -0.25) is 4.99 Å². The topological polar surface area (TPSA) is 88.1 Å². The van der Waals surface area contributed by atoms with Crippen LogP contribution >= 0.6 is 0 Å². The van der Waals surface area contributed by atoms with Crippen LogP contribution in [0.4, 0.5) is 0 Å². The fraction of sp³-hybridized carbons (Fsp3) is 0.696. The van der Waals surface area contributed by atoms with Gasteiger partial charge >= 0.3 is 0 Å². The van der Waals surface area contributed by atoms with Gasteiger partial charge in [0.1, 0.15) is 22.9 Å². The van der Waals surface area contributed by atoms with E-state index in [9.17, 15) is 10.2 Å². The lowest BCUT2D eigenvalue weighted by molar-refractivity contribution is -0.210. The average Bonchev–Trinajstić information content (AvgIpc) is 3.20. The van der Waals surface area contributed by atoms with Crippen LogP contribution in [-0.2, 0) is 13.0 Å². The summed E-state index contributed by atoms with van der Waals surface area (Å²) in [6, 6.07) is 1.82. The molecule has 1 aromatic carbocycles. The lowest BCUT2D eigenvalue weighted by atomic mass is 9.43. The van der Waals surface area contributed by atoms with Crippen LogP contribution < -0.4 is 10.5 Å². The molecule has 0 aromatic heterocycles. The number of fused-ring (bicyclic) bond motifs is 5. The second-order valence-electron chi connectivity index (χ2n) is 10.4. The molecule has 2 aliphatic heterocycles. The summed E-state index contributed by atoms with van der Waals surface area (Å²) in [6.45, 7) is 9.59. The van der Waals surface area contributed by atoms with Crippen LogP contribution in [-0.4, -0.2) is 27.8 Å². The zero-order valence-electron chi connectivity index (χ0n) is 17.4. The summed E-state index contributed by atoms with van der Waals surface area (Å²) in [7, 11) is 0. The number of benzene rings is 1. The Bertz CT molecular complexity index is 892. The van der Waals surface area contributed by atoms with E-state index in [1.807, 2.05) is 6.07 Å². The zero-order valence-corrected chi connectivity index (χ0v) is 17.4. The number of phenols is 1. The van der Waals surface area contributed by atoms with Gasteiger partial charge < -0.3 is 20.7 Å². The van der Waals surface area contributed by atoms with Gasteiger partial charge in [-0.2, -0.15) is 0 Å². The molecule has 0 bridgehead atoms. The Morgan fingerprint density at radius 3 is 2.71 bits per heavy atom. The van der Waals surface area contributed by atoms with E-state index in [0.29, 0.717) is 36.4 Å². The van der Waals surface area contributed by atoms with E-state index in [-0.39, 0.29) is 22.5 Å². The number of hydrogen-bond acceptors (Lipinski definition) is 5. The minimum absolute atomic E-state index is 0.0732. The van der Waals surface area contributed by atoms with Crippen molar-refractivity contribution in [2.24, 2.45) is 33.4 Å². The van der Waals surface area contributed by atoms with E-state index in [0.717, 1.165) is 48.1 Å². The van der Waals surface area contributed by atoms with E-state index < -0.39 is 0 Å². The van der Waals surface area contributed by atoms with Crippen molar-refractivity contribution in [3.05, 3.63) is 22.8 Å². The fourth-order valence-electron chi connectivity index (χ4n) is 7.20. The van der Waals surface area contributed by atoms with Gasteiger partial charge in [0.15, 0.2) is 0 Å². The van der Waals surface area contributed by atoms with E-state index in [4.69, 9.17) is 10.5 Å². The maximum atomic E-state index is 10.8. The molecule has 5 rings (SSSR count). The standard InChI is InChI=1S/C23H32N2O3/c1-12-5-6-16-21(2,3)17(27)7-8-22(16,4)23(12)10-14-15(26)9-13-11-25-20(24)18(13)19(14)28-23/h9,12,16-17,26-27H,5-8,10-11H2,1-4H3,(H2,24,25)/t12-,16-,17-,22-,23-/m1/s1. The third-order valence-corrected chi connectivity index (χ3v) is 8.96. The first-order valence-corrected chi connectivity index (χ1v) is 10.7. The van der Waals surface area contributed by atoms with Gasteiger partial charge in [-0.1, -0.05) is 27.7 Å². The Hall–Kier alpha value is -1.75. The van der Waals surface area contributed by atoms with E-state index >= 15 is 0 Å². The van der Waals surface area contributed by atoms with Crippen molar-refractivity contribution in [2.45, 2.75) is 78.0 Å². The highest BCUT2D eigenvalue weighted by Crippen LogP contribution is 2.67. The molecule has 2 heterocycles. The van der Waals surface area contributed by atoms with Gasteiger partial charge in [-0.25, -0.2) is 0 Å². The van der Waals surface area contributed by atoms with Crippen molar-refractivity contribution in [1.82, 2.24) is 0 Å². The van der Waals surface area contributed by atoms with Gasteiger partial charge in [0.2, 0.25) is 0 Å². The Morgan fingerprint density at radius 2 is 1.96 bits per heavy atom. The molecule has 2 fully saturated rings.